The van der Waals surface area contributed by atoms with Crippen molar-refractivity contribution in [3.8, 4) is 5.75 Å². The number of ether oxygens (including phenoxy) is 1. The topological polar surface area (TPSA) is 119 Å². The first-order chi connectivity index (χ1) is 8.60. The van der Waals surface area contributed by atoms with Crippen LogP contribution in [0.1, 0.15) is 0 Å². The zero-order chi connectivity index (χ0) is 13.3. The molecular formula is C11H12N4O3. The average molecular weight is 248 g/mol. The van der Waals surface area contributed by atoms with Crippen molar-refractivity contribution in [3.05, 3.63) is 38.6 Å². The van der Waals surface area contributed by atoms with E-state index < -0.39 is 10.9 Å². The molecule has 0 bridgehead atoms. The maximum Gasteiger partial charge on any atom is 0.272 e. The molecule has 0 aliphatic rings. The van der Waals surface area contributed by atoms with Crippen molar-refractivity contribution in [1.29, 1.82) is 0 Å². The molecule has 0 aromatic heterocycles. The van der Waals surface area contributed by atoms with Gasteiger partial charge in [0.05, 0.1) is 24.2 Å². The molecule has 6 N–H and O–H groups in total. The Bertz CT molecular complexity index is 659. The van der Waals surface area contributed by atoms with E-state index in [1.54, 1.807) is 18.2 Å². The molecule has 0 unspecified atom stereocenters. The number of nitrogens with two attached hydrogens (primary N) is 2. The zero-order valence-corrected chi connectivity index (χ0v) is 9.61. The van der Waals surface area contributed by atoms with Crippen LogP contribution >= 0.6 is 0 Å². The summed E-state index contributed by atoms with van der Waals surface area (Å²) in [5.41, 5.74) is 8.31. The molecule has 0 radical (unpaired) electrons. The van der Waals surface area contributed by atoms with Crippen molar-refractivity contribution in [2.75, 3.05) is 23.6 Å². The highest BCUT2D eigenvalue weighted by molar-refractivity contribution is 5.85. The molecule has 0 saturated carbocycles. The number of hydrazine groups is 1. The van der Waals surface area contributed by atoms with Gasteiger partial charge in [0.2, 0.25) is 0 Å². The molecule has 0 aliphatic carbocycles. The van der Waals surface area contributed by atoms with E-state index in [1.807, 2.05) is 0 Å². The molecule has 2 rings (SSSR count). The predicted molar refractivity (Wildman–Crippen MR) is 69.9 cm³/mol. The van der Waals surface area contributed by atoms with Gasteiger partial charge in [-0.05, 0) is 12.1 Å². The van der Waals surface area contributed by atoms with Crippen LogP contribution in [-0.2, 0) is 0 Å². The first-order valence-electron chi connectivity index (χ1n) is 5.09. The van der Waals surface area contributed by atoms with E-state index in [9.17, 15) is 9.59 Å². The van der Waals surface area contributed by atoms with Gasteiger partial charge in [0.1, 0.15) is 5.69 Å². The highest BCUT2D eigenvalue weighted by atomic mass is 16.5. The normalized spacial score (nSPS) is 10.3. The molecule has 2 aromatic carbocycles. The molecular weight excluding hydrogens is 236 g/mol. The highest BCUT2D eigenvalue weighted by Crippen LogP contribution is 2.31. The number of hydrogen-bond acceptors (Lipinski definition) is 7. The largest absolute Gasteiger partial charge is 0.491 e. The molecule has 7 heteroatoms. The Balaban J connectivity index is 2.41. The zero-order valence-electron chi connectivity index (χ0n) is 9.61. The van der Waals surface area contributed by atoms with E-state index in [4.69, 9.17) is 16.3 Å². The van der Waals surface area contributed by atoms with Crippen LogP contribution in [0.3, 0.4) is 0 Å². The molecule has 0 amide bonds. The van der Waals surface area contributed by atoms with Crippen molar-refractivity contribution < 1.29 is 4.74 Å². The van der Waals surface area contributed by atoms with E-state index in [0.717, 1.165) is 0 Å². The second-order valence-electron chi connectivity index (χ2n) is 3.61. The minimum Gasteiger partial charge on any atom is -0.491 e. The minimum absolute atomic E-state index is 0.00500. The summed E-state index contributed by atoms with van der Waals surface area (Å²) in [5.74, 6) is 5.35. The molecule has 94 valence electrons. The quantitative estimate of drug-likeness (QED) is 0.258. The van der Waals surface area contributed by atoms with E-state index in [-0.39, 0.29) is 11.4 Å². The van der Waals surface area contributed by atoms with Crippen LogP contribution < -0.4 is 37.9 Å². The SMILES string of the molecule is COc1c(Nc2cccc(N)c2NN)c(=O)c1=O. The fraction of sp³-hybridized carbons (Fsp3) is 0.0909. The third-order valence-electron chi connectivity index (χ3n) is 2.57. The fourth-order valence-electron chi connectivity index (χ4n) is 1.65. The number of methoxy groups -OCH3 is 1. The smallest absolute Gasteiger partial charge is 0.272 e. The van der Waals surface area contributed by atoms with Gasteiger partial charge in [-0.15, -0.1) is 0 Å². The van der Waals surface area contributed by atoms with Gasteiger partial charge in [-0.3, -0.25) is 15.4 Å². The monoisotopic (exact) mass is 248 g/mol. The molecule has 0 saturated heterocycles. The molecule has 0 spiro atoms. The van der Waals surface area contributed by atoms with E-state index in [1.165, 1.54) is 7.11 Å². The maximum atomic E-state index is 11.4. The summed E-state index contributed by atoms with van der Waals surface area (Å²) in [6, 6.07) is 5.01. The van der Waals surface area contributed by atoms with Crippen molar-refractivity contribution in [2.24, 2.45) is 5.84 Å². The number of para-hydroxylation sites is 1. The molecule has 18 heavy (non-hydrogen) atoms. The Hall–Kier alpha value is -2.54. The van der Waals surface area contributed by atoms with Crippen LogP contribution in [0.5, 0.6) is 5.75 Å². The number of anilines is 4. The summed E-state index contributed by atoms with van der Waals surface area (Å²) in [7, 11) is 1.32. The van der Waals surface area contributed by atoms with Crippen molar-refractivity contribution in [2.45, 2.75) is 0 Å². The fourth-order valence-corrected chi connectivity index (χ4v) is 1.65. The predicted octanol–water partition coefficient (Wildman–Crippen LogP) is -0.0974. The van der Waals surface area contributed by atoms with Gasteiger partial charge in [-0.2, -0.15) is 0 Å². The van der Waals surface area contributed by atoms with E-state index in [2.05, 4.69) is 10.7 Å². The first kappa shape index (κ1) is 11.9. The van der Waals surface area contributed by atoms with Crippen molar-refractivity contribution >= 4 is 22.7 Å². The molecule has 7 nitrogen and oxygen atoms in total. The van der Waals surface area contributed by atoms with Gasteiger partial charge in [0.25, 0.3) is 10.9 Å². The van der Waals surface area contributed by atoms with Gasteiger partial charge in [0, 0.05) is 0 Å². The van der Waals surface area contributed by atoms with Gasteiger partial charge in [0.15, 0.2) is 5.75 Å². The summed E-state index contributed by atoms with van der Waals surface area (Å²) in [5, 5.41) is 2.78. The van der Waals surface area contributed by atoms with Gasteiger partial charge in [-0.25, -0.2) is 0 Å². The van der Waals surface area contributed by atoms with E-state index in [0.29, 0.717) is 17.1 Å². The van der Waals surface area contributed by atoms with Crippen molar-refractivity contribution in [3.63, 3.8) is 0 Å². The Morgan fingerprint density at radius 2 is 1.89 bits per heavy atom. The lowest BCUT2D eigenvalue weighted by Crippen LogP contribution is -2.34. The van der Waals surface area contributed by atoms with Gasteiger partial charge in [-0.1, -0.05) is 6.07 Å². The molecule has 0 aliphatic heterocycles. The number of benzene rings is 1. The molecule has 0 atom stereocenters. The standard InChI is InChI=1S/C11H12N4O3/c1-18-11-8(9(16)10(11)17)14-6-4-2-3-5(12)7(6)15-13/h2-4,14-15H,12-13H2,1H3. The third-order valence-corrected chi connectivity index (χ3v) is 2.57. The Kier molecular flexibility index (Phi) is 2.90. The number of rotatable bonds is 4. The summed E-state index contributed by atoms with van der Waals surface area (Å²) < 4.78 is 4.82. The first-order valence-corrected chi connectivity index (χ1v) is 5.09. The van der Waals surface area contributed by atoms with Crippen LogP contribution in [0.25, 0.3) is 0 Å². The lowest BCUT2D eigenvalue weighted by atomic mass is 10.2. The number of hydrogen-bond donors (Lipinski definition) is 4. The van der Waals surface area contributed by atoms with Crippen LogP contribution in [0, 0.1) is 0 Å². The van der Waals surface area contributed by atoms with Crippen LogP contribution in [-0.4, -0.2) is 7.11 Å². The van der Waals surface area contributed by atoms with Crippen LogP contribution in [0.15, 0.2) is 27.8 Å². The Morgan fingerprint density at radius 1 is 1.17 bits per heavy atom. The molecule has 2 aromatic rings. The van der Waals surface area contributed by atoms with Crippen LogP contribution in [0.2, 0.25) is 0 Å². The Labute approximate surface area is 102 Å². The number of nitrogens with one attached hydrogen (secondary N) is 2. The van der Waals surface area contributed by atoms with Crippen molar-refractivity contribution in [1.82, 2.24) is 0 Å². The summed E-state index contributed by atoms with van der Waals surface area (Å²) in [6.07, 6.45) is 0. The number of nitrogen functional groups attached to an aromatic ring is 2. The lowest BCUT2D eigenvalue weighted by molar-refractivity contribution is 0.408. The summed E-state index contributed by atoms with van der Waals surface area (Å²) >= 11 is 0. The summed E-state index contributed by atoms with van der Waals surface area (Å²) in [6.45, 7) is 0. The van der Waals surface area contributed by atoms with Gasteiger partial charge >= 0.3 is 0 Å². The Morgan fingerprint density at radius 3 is 2.50 bits per heavy atom. The third kappa shape index (κ3) is 1.66. The molecule has 0 fully saturated rings. The maximum absolute atomic E-state index is 11.4. The average Bonchev–Trinajstić information content (AvgIpc) is 2.38. The second kappa shape index (κ2) is 4.38. The molecule has 0 heterocycles. The second-order valence-corrected chi connectivity index (χ2v) is 3.61. The van der Waals surface area contributed by atoms with Crippen LogP contribution in [0.4, 0.5) is 22.7 Å². The van der Waals surface area contributed by atoms with Gasteiger partial charge < -0.3 is 21.2 Å². The van der Waals surface area contributed by atoms with E-state index >= 15 is 0 Å². The summed E-state index contributed by atoms with van der Waals surface area (Å²) in [4.78, 5) is 22.6. The lowest BCUT2D eigenvalue weighted by Gasteiger charge is -2.15. The minimum atomic E-state index is -0.647. The highest BCUT2D eigenvalue weighted by Gasteiger charge is 2.22.